The minimum absolute atomic E-state index is 0.222. The zero-order valence-corrected chi connectivity index (χ0v) is 19.3. The Balaban J connectivity index is 1.74. The van der Waals surface area contributed by atoms with Crippen molar-refractivity contribution in [2.45, 2.75) is 9.79 Å². The first-order chi connectivity index (χ1) is 16.3. The molecule has 0 unspecified atom stereocenters. The highest BCUT2D eigenvalue weighted by Crippen LogP contribution is 2.33. The van der Waals surface area contributed by atoms with Gasteiger partial charge in [0.05, 0.1) is 15.5 Å². The maximum Gasteiger partial charge on any atom is 0.277 e. The molecular weight excluding hydrogens is 473 g/mol. The molecule has 5 aromatic carbocycles. The van der Waals surface area contributed by atoms with Crippen LogP contribution in [0, 0.1) is 5.82 Å². The van der Waals surface area contributed by atoms with E-state index in [1.165, 1.54) is 36.4 Å². The number of fused-ring (bicyclic) bond motifs is 2. The van der Waals surface area contributed by atoms with E-state index in [-0.39, 0.29) is 15.5 Å². The quantitative estimate of drug-likeness (QED) is 0.315. The zero-order chi connectivity index (χ0) is 23.9. The first kappa shape index (κ1) is 22.1. The molecule has 0 saturated carbocycles. The Kier molecular flexibility index (Phi) is 5.34. The summed E-state index contributed by atoms with van der Waals surface area (Å²) in [7, 11) is -9.29. The predicted octanol–water partition coefficient (Wildman–Crippen LogP) is 5.72. The van der Waals surface area contributed by atoms with Crippen LogP contribution in [0.2, 0.25) is 0 Å². The van der Waals surface area contributed by atoms with Gasteiger partial charge in [0.1, 0.15) is 5.82 Å². The Labute approximate surface area is 196 Å². The largest absolute Gasteiger partial charge is 0.277 e. The number of hydrogen-bond acceptors (Lipinski definition) is 4. The van der Waals surface area contributed by atoms with E-state index in [4.69, 9.17) is 0 Å². The molecule has 0 aliphatic rings. The Bertz CT molecular complexity index is 1660. The van der Waals surface area contributed by atoms with E-state index >= 15 is 0 Å². The van der Waals surface area contributed by atoms with Crippen molar-refractivity contribution in [3.8, 4) is 0 Å². The van der Waals surface area contributed by atoms with E-state index < -0.39 is 25.9 Å². The lowest BCUT2D eigenvalue weighted by Gasteiger charge is -2.24. The fourth-order valence-corrected chi connectivity index (χ4v) is 7.59. The molecule has 34 heavy (non-hydrogen) atoms. The van der Waals surface area contributed by atoms with Crippen LogP contribution in [0.3, 0.4) is 0 Å². The molecule has 8 heteroatoms. The molecule has 0 aliphatic carbocycles. The van der Waals surface area contributed by atoms with Gasteiger partial charge in [-0.05, 0) is 64.0 Å². The molecule has 0 heterocycles. The molecule has 5 rings (SSSR count). The average Bonchev–Trinajstić information content (AvgIpc) is 2.83. The molecule has 0 spiro atoms. The van der Waals surface area contributed by atoms with Crippen LogP contribution in [0.5, 0.6) is 0 Å². The standard InChI is InChI=1S/C26H18FNO4S2/c27-23-10-5-11-24(18-23)28(33(29,30)25-14-12-19-6-1-3-8-21(19)16-25)34(31,32)26-15-13-20-7-2-4-9-22(20)17-26/h1-18H. The lowest BCUT2D eigenvalue weighted by molar-refractivity contribution is 0.584. The number of nitrogens with zero attached hydrogens (tertiary/aromatic N) is 1. The van der Waals surface area contributed by atoms with Crippen molar-refractivity contribution in [1.29, 1.82) is 0 Å². The maximum atomic E-state index is 14.1. The first-order valence-electron chi connectivity index (χ1n) is 10.3. The van der Waals surface area contributed by atoms with E-state index in [0.717, 1.165) is 22.9 Å². The van der Waals surface area contributed by atoms with Crippen molar-refractivity contribution in [3.63, 3.8) is 0 Å². The molecular formula is C26H18FNO4S2. The van der Waals surface area contributed by atoms with Crippen LogP contribution in [-0.2, 0) is 20.0 Å². The molecule has 0 aliphatic heterocycles. The van der Waals surface area contributed by atoms with Gasteiger partial charge in [-0.25, -0.2) is 21.2 Å². The van der Waals surface area contributed by atoms with Gasteiger partial charge in [-0.15, -0.1) is 0 Å². The highest BCUT2D eigenvalue weighted by Gasteiger charge is 2.37. The Morgan fingerprint density at radius 2 is 0.971 bits per heavy atom. The highest BCUT2D eigenvalue weighted by atomic mass is 32.3. The van der Waals surface area contributed by atoms with Crippen molar-refractivity contribution in [3.05, 3.63) is 115 Å². The van der Waals surface area contributed by atoms with Crippen molar-refractivity contribution in [2.75, 3.05) is 3.71 Å². The van der Waals surface area contributed by atoms with E-state index in [2.05, 4.69) is 0 Å². The van der Waals surface area contributed by atoms with Crippen molar-refractivity contribution in [1.82, 2.24) is 0 Å². The summed E-state index contributed by atoms with van der Waals surface area (Å²) in [6, 6.07) is 27.5. The van der Waals surface area contributed by atoms with Gasteiger partial charge < -0.3 is 0 Å². The highest BCUT2D eigenvalue weighted by molar-refractivity contribution is 8.10. The Morgan fingerprint density at radius 1 is 0.500 bits per heavy atom. The Hall–Kier alpha value is -3.75. The number of rotatable bonds is 5. The summed E-state index contributed by atoms with van der Waals surface area (Å²) in [6.07, 6.45) is 0. The van der Waals surface area contributed by atoms with Crippen LogP contribution in [-0.4, -0.2) is 16.8 Å². The minimum Gasteiger partial charge on any atom is -0.207 e. The summed E-state index contributed by atoms with van der Waals surface area (Å²) in [5, 5.41) is 2.86. The van der Waals surface area contributed by atoms with E-state index in [1.807, 2.05) is 24.3 Å². The maximum absolute atomic E-state index is 14.1. The average molecular weight is 492 g/mol. The molecule has 0 saturated heterocycles. The number of halogens is 1. The Morgan fingerprint density at radius 3 is 1.44 bits per heavy atom. The van der Waals surface area contributed by atoms with Gasteiger partial charge in [0.15, 0.2) is 0 Å². The second-order valence-corrected chi connectivity index (χ2v) is 11.5. The molecule has 0 amide bonds. The van der Waals surface area contributed by atoms with Crippen LogP contribution < -0.4 is 3.71 Å². The van der Waals surface area contributed by atoms with Crippen LogP contribution in [0.4, 0.5) is 10.1 Å². The van der Waals surface area contributed by atoms with Crippen LogP contribution in [0.15, 0.2) is 119 Å². The van der Waals surface area contributed by atoms with E-state index in [0.29, 0.717) is 14.5 Å². The molecule has 170 valence electrons. The lowest BCUT2D eigenvalue weighted by atomic mass is 10.1. The van der Waals surface area contributed by atoms with Crippen LogP contribution in [0.1, 0.15) is 0 Å². The van der Waals surface area contributed by atoms with Crippen molar-refractivity contribution in [2.24, 2.45) is 0 Å². The molecule has 0 bridgehead atoms. The summed E-state index contributed by atoms with van der Waals surface area (Å²) in [6.45, 7) is 0. The van der Waals surface area contributed by atoms with E-state index in [9.17, 15) is 21.2 Å². The predicted molar refractivity (Wildman–Crippen MR) is 131 cm³/mol. The number of anilines is 1. The molecule has 0 fully saturated rings. The van der Waals surface area contributed by atoms with Gasteiger partial charge in [0.25, 0.3) is 20.0 Å². The molecule has 0 N–H and O–H groups in total. The summed E-state index contributed by atoms with van der Waals surface area (Å²) in [4.78, 5) is -0.445. The first-order valence-corrected chi connectivity index (χ1v) is 13.2. The van der Waals surface area contributed by atoms with Gasteiger partial charge in [-0.3, -0.25) is 0 Å². The fourth-order valence-electron chi connectivity index (χ4n) is 3.84. The topological polar surface area (TPSA) is 71.5 Å². The molecule has 5 aromatic rings. The monoisotopic (exact) mass is 491 g/mol. The van der Waals surface area contributed by atoms with Gasteiger partial charge >= 0.3 is 0 Å². The molecule has 0 atom stereocenters. The third kappa shape index (κ3) is 3.81. The zero-order valence-electron chi connectivity index (χ0n) is 17.7. The molecule has 0 aromatic heterocycles. The smallest absolute Gasteiger partial charge is 0.207 e. The summed E-state index contributed by atoms with van der Waals surface area (Å²) in [5.74, 6) is -0.759. The lowest BCUT2D eigenvalue weighted by Crippen LogP contribution is -2.37. The second-order valence-electron chi connectivity index (χ2n) is 7.71. The van der Waals surface area contributed by atoms with Gasteiger partial charge in [-0.1, -0.05) is 66.7 Å². The normalized spacial score (nSPS) is 12.1. The van der Waals surface area contributed by atoms with Gasteiger partial charge in [-0.2, -0.15) is 3.71 Å². The van der Waals surface area contributed by atoms with Crippen LogP contribution in [0.25, 0.3) is 21.5 Å². The number of hydrogen-bond donors (Lipinski definition) is 0. The summed E-state index contributed by atoms with van der Waals surface area (Å²) >= 11 is 0. The SMILES string of the molecule is O=S(=O)(c1ccc2ccccc2c1)N(c1cccc(F)c1)S(=O)(=O)c1ccc2ccccc2c1. The number of benzene rings is 5. The minimum atomic E-state index is -4.64. The van der Waals surface area contributed by atoms with E-state index in [1.54, 1.807) is 36.4 Å². The van der Waals surface area contributed by atoms with Crippen molar-refractivity contribution < 1.29 is 21.2 Å². The molecule has 0 radical (unpaired) electrons. The molecule has 5 nitrogen and oxygen atoms in total. The van der Waals surface area contributed by atoms with Crippen molar-refractivity contribution >= 4 is 47.3 Å². The third-order valence-electron chi connectivity index (χ3n) is 5.49. The third-order valence-corrected chi connectivity index (χ3v) is 9.66. The second kappa shape index (κ2) is 8.23. The fraction of sp³-hybridized carbons (Fsp3) is 0. The number of sulfonamides is 2. The van der Waals surface area contributed by atoms with Crippen LogP contribution >= 0.6 is 0 Å². The summed E-state index contributed by atoms with van der Waals surface area (Å²) in [5.41, 5.74) is -0.318. The van der Waals surface area contributed by atoms with Gasteiger partial charge in [0.2, 0.25) is 0 Å². The summed E-state index contributed by atoms with van der Waals surface area (Å²) < 4.78 is 69.6. The van der Waals surface area contributed by atoms with Gasteiger partial charge in [0, 0.05) is 0 Å².